The molecule has 5 nitrogen and oxygen atoms in total. The van der Waals surface area contributed by atoms with E-state index in [9.17, 15) is 22.4 Å². The maximum Gasteiger partial charge on any atom is 0.573 e. The van der Waals surface area contributed by atoms with E-state index < -0.39 is 12.1 Å². The van der Waals surface area contributed by atoms with Gasteiger partial charge in [-0.2, -0.15) is 0 Å². The van der Waals surface area contributed by atoms with Gasteiger partial charge in [0.1, 0.15) is 17.2 Å². The summed E-state index contributed by atoms with van der Waals surface area (Å²) in [5.74, 6) is -0.427. The van der Waals surface area contributed by atoms with Gasteiger partial charge in [0.15, 0.2) is 5.75 Å². The van der Waals surface area contributed by atoms with E-state index in [4.69, 9.17) is 0 Å². The fourth-order valence-corrected chi connectivity index (χ4v) is 4.73. The Balaban J connectivity index is 0.000000360. The Hall–Kier alpha value is -3.75. The first-order valence-electron chi connectivity index (χ1n) is 12.5. The Morgan fingerprint density at radius 1 is 1.00 bits per heavy atom. The number of benzene rings is 1. The van der Waals surface area contributed by atoms with E-state index in [0.717, 1.165) is 43.1 Å². The van der Waals surface area contributed by atoms with Crippen molar-refractivity contribution in [2.24, 2.45) is 0 Å². The van der Waals surface area contributed by atoms with Crippen molar-refractivity contribution in [1.82, 2.24) is 14.5 Å². The maximum atomic E-state index is 13.4. The van der Waals surface area contributed by atoms with Crippen molar-refractivity contribution in [2.45, 2.75) is 64.8 Å². The molecule has 0 saturated heterocycles. The summed E-state index contributed by atoms with van der Waals surface area (Å²) in [5, 5.41) is 0.787. The number of hydrogen-bond acceptors (Lipinski definition) is 4. The fourth-order valence-electron chi connectivity index (χ4n) is 4.73. The molecule has 0 bridgehead atoms. The number of aryl methyl sites for hydroxylation is 2. The average Bonchev–Trinajstić information content (AvgIpc) is 2.87. The van der Waals surface area contributed by atoms with Gasteiger partial charge in [-0.05, 0) is 80.6 Å². The minimum Gasteiger partial charge on any atom is -0.404 e. The number of nitrogens with zero attached hydrogens (tertiary/aromatic N) is 3. The summed E-state index contributed by atoms with van der Waals surface area (Å²) in [6.45, 7) is 3.52. The molecule has 0 radical (unpaired) electrons. The van der Waals surface area contributed by atoms with Gasteiger partial charge in [-0.25, -0.2) is 9.37 Å². The number of aromatic nitrogens is 3. The second-order valence-corrected chi connectivity index (χ2v) is 9.49. The summed E-state index contributed by atoms with van der Waals surface area (Å²) in [6, 6.07) is 14.7. The van der Waals surface area contributed by atoms with Crippen molar-refractivity contribution >= 4 is 11.0 Å². The summed E-state index contributed by atoms with van der Waals surface area (Å²) in [5.41, 5.74) is 2.61. The molecule has 9 heteroatoms. The standard InChI is InChI=1S/C22H22F3N3O2.C7H7F/c1-14-9-10-16-12-17(15-6-3-2-4-7-15)21(29)28(20(16)27-14)13-18-19(8-5-11-26-18)30-22(23,24)25;1-6-3-2-4-7(8)5-6/h5,8-12,15H,2-4,6-7,13H2,1H3;2-5H,1H3. The van der Waals surface area contributed by atoms with Gasteiger partial charge in [-0.15, -0.1) is 13.2 Å². The Morgan fingerprint density at radius 3 is 2.42 bits per heavy atom. The molecule has 1 aliphatic carbocycles. The van der Waals surface area contributed by atoms with Crippen LogP contribution in [-0.4, -0.2) is 20.9 Å². The predicted octanol–water partition coefficient (Wildman–Crippen LogP) is 7.23. The van der Waals surface area contributed by atoms with Crippen molar-refractivity contribution < 1.29 is 22.3 Å². The number of hydrogen-bond donors (Lipinski definition) is 0. The van der Waals surface area contributed by atoms with E-state index in [1.807, 2.05) is 38.1 Å². The molecule has 5 rings (SSSR count). The van der Waals surface area contributed by atoms with Crippen LogP contribution in [-0.2, 0) is 6.54 Å². The lowest BCUT2D eigenvalue weighted by atomic mass is 9.84. The van der Waals surface area contributed by atoms with Crippen molar-refractivity contribution in [3.05, 3.63) is 99.5 Å². The van der Waals surface area contributed by atoms with E-state index in [2.05, 4.69) is 14.7 Å². The highest BCUT2D eigenvalue weighted by Crippen LogP contribution is 2.32. The molecule has 0 unspecified atom stereocenters. The van der Waals surface area contributed by atoms with Crippen LogP contribution in [0.1, 0.15) is 60.5 Å². The Morgan fingerprint density at radius 2 is 1.76 bits per heavy atom. The molecule has 0 spiro atoms. The van der Waals surface area contributed by atoms with Crippen molar-refractivity contribution in [1.29, 1.82) is 0 Å². The maximum absolute atomic E-state index is 13.4. The lowest BCUT2D eigenvalue weighted by Gasteiger charge is -2.23. The molecule has 1 saturated carbocycles. The van der Waals surface area contributed by atoms with E-state index >= 15 is 0 Å². The van der Waals surface area contributed by atoms with Gasteiger partial charge < -0.3 is 4.74 Å². The van der Waals surface area contributed by atoms with Gasteiger partial charge in [0, 0.05) is 22.8 Å². The summed E-state index contributed by atoms with van der Waals surface area (Å²) < 4.78 is 56.2. The van der Waals surface area contributed by atoms with Gasteiger partial charge in [0.05, 0.1) is 6.54 Å². The number of halogens is 4. The molecule has 0 aliphatic heterocycles. The Labute approximate surface area is 218 Å². The molecule has 0 atom stereocenters. The molecular weight excluding hydrogens is 498 g/mol. The lowest BCUT2D eigenvalue weighted by molar-refractivity contribution is -0.275. The van der Waals surface area contributed by atoms with Crippen LogP contribution in [0.25, 0.3) is 11.0 Å². The molecule has 1 fully saturated rings. The van der Waals surface area contributed by atoms with Crippen molar-refractivity contribution in [2.75, 3.05) is 0 Å². The van der Waals surface area contributed by atoms with Crippen LogP contribution in [0.4, 0.5) is 17.6 Å². The molecule has 0 amide bonds. The molecule has 3 heterocycles. The van der Waals surface area contributed by atoms with Crippen molar-refractivity contribution in [3.63, 3.8) is 0 Å². The minimum atomic E-state index is -4.84. The summed E-state index contributed by atoms with van der Waals surface area (Å²) in [7, 11) is 0. The van der Waals surface area contributed by atoms with Crippen LogP contribution in [0.2, 0.25) is 0 Å². The zero-order valence-electron chi connectivity index (χ0n) is 21.3. The zero-order chi connectivity index (χ0) is 27.3. The van der Waals surface area contributed by atoms with E-state index in [1.54, 1.807) is 6.07 Å². The largest absolute Gasteiger partial charge is 0.573 e. The van der Waals surface area contributed by atoms with Gasteiger partial charge in [-0.3, -0.25) is 14.3 Å². The average molecular weight is 528 g/mol. The number of pyridine rings is 3. The van der Waals surface area contributed by atoms with Gasteiger partial charge >= 0.3 is 6.36 Å². The normalized spacial score (nSPS) is 14.2. The highest BCUT2D eigenvalue weighted by molar-refractivity contribution is 5.76. The topological polar surface area (TPSA) is 57.0 Å². The third kappa shape index (κ3) is 6.96. The van der Waals surface area contributed by atoms with Crippen LogP contribution in [0.5, 0.6) is 5.75 Å². The third-order valence-electron chi connectivity index (χ3n) is 6.51. The zero-order valence-corrected chi connectivity index (χ0v) is 21.3. The number of rotatable bonds is 4. The quantitative estimate of drug-likeness (QED) is 0.263. The molecule has 38 heavy (non-hydrogen) atoms. The predicted molar refractivity (Wildman–Crippen MR) is 138 cm³/mol. The molecule has 3 aromatic heterocycles. The van der Waals surface area contributed by atoms with Crippen LogP contribution >= 0.6 is 0 Å². The summed E-state index contributed by atoms with van der Waals surface area (Å²) >= 11 is 0. The minimum absolute atomic E-state index is 0.0299. The van der Waals surface area contributed by atoms with E-state index in [0.29, 0.717) is 16.9 Å². The van der Waals surface area contributed by atoms with Crippen molar-refractivity contribution in [3.8, 4) is 5.75 Å². The second-order valence-electron chi connectivity index (χ2n) is 9.49. The fraction of sp³-hybridized carbons (Fsp3) is 0.345. The molecule has 1 aliphatic rings. The highest BCUT2D eigenvalue weighted by atomic mass is 19.4. The van der Waals surface area contributed by atoms with E-state index in [1.165, 1.54) is 35.0 Å². The first kappa shape index (κ1) is 27.3. The summed E-state index contributed by atoms with van der Waals surface area (Å²) in [6.07, 6.45) is 1.71. The Kier molecular flexibility index (Phi) is 8.44. The SMILES string of the molecule is Cc1ccc2cc(C3CCCCC3)c(=O)n(Cc3ncccc3OC(F)(F)F)c2n1.Cc1cccc(F)c1. The van der Waals surface area contributed by atoms with Gasteiger partial charge in [0.2, 0.25) is 0 Å². The van der Waals surface area contributed by atoms with Crippen LogP contribution < -0.4 is 10.3 Å². The molecule has 1 aromatic carbocycles. The monoisotopic (exact) mass is 527 g/mol. The highest BCUT2D eigenvalue weighted by Gasteiger charge is 2.32. The van der Waals surface area contributed by atoms with Crippen LogP contribution in [0.3, 0.4) is 0 Å². The van der Waals surface area contributed by atoms with Gasteiger partial charge in [0.25, 0.3) is 5.56 Å². The smallest absolute Gasteiger partial charge is 0.404 e. The number of ether oxygens (including phenoxy) is 1. The third-order valence-corrected chi connectivity index (χ3v) is 6.51. The molecular formula is C29H29F4N3O2. The second kappa shape index (κ2) is 11.8. The lowest BCUT2D eigenvalue weighted by Crippen LogP contribution is -2.28. The first-order valence-corrected chi connectivity index (χ1v) is 12.5. The van der Waals surface area contributed by atoms with Crippen LogP contribution in [0, 0.1) is 19.7 Å². The molecule has 0 N–H and O–H groups in total. The first-order chi connectivity index (χ1) is 18.1. The van der Waals surface area contributed by atoms with E-state index in [-0.39, 0.29) is 29.5 Å². The van der Waals surface area contributed by atoms with Gasteiger partial charge in [-0.1, -0.05) is 31.4 Å². The number of alkyl halides is 3. The Bertz CT molecular complexity index is 1440. The summed E-state index contributed by atoms with van der Waals surface area (Å²) in [4.78, 5) is 22.0. The number of fused-ring (bicyclic) bond motifs is 1. The molecule has 4 aromatic rings. The van der Waals surface area contributed by atoms with Crippen LogP contribution in [0.15, 0.2) is 65.6 Å². The molecule has 200 valence electrons.